The number of hydrogen-bond donors (Lipinski definition) is 1. The summed E-state index contributed by atoms with van der Waals surface area (Å²) in [5, 5.41) is 1.84. The molecule has 3 aromatic rings. The van der Waals surface area contributed by atoms with Crippen LogP contribution in [0.15, 0.2) is 48.9 Å². The van der Waals surface area contributed by atoms with Crippen LogP contribution in [0.2, 0.25) is 5.02 Å². The Bertz CT molecular complexity index is 784. The number of rotatable bonds is 5. The number of benzene rings is 1. The van der Waals surface area contributed by atoms with Crippen molar-refractivity contribution in [1.29, 1.82) is 0 Å². The highest BCUT2D eigenvalue weighted by molar-refractivity contribution is 6.31. The summed E-state index contributed by atoms with van der Waals surface area (Å²) in [6.45, 7) is 0.376. The molecular formula is C17H15ClN2O2. The average molecular weight is 315 g/mol. The van der Waals surface area contributed by atoms with Gasteiger partial charge in [-0.15, -0.1) is 0 Å². The number of halogens is 1. The van der Waals surface area contributed by atoms with Crippen LogP contribution in [-0.2, 0) is 11.2 Å². The molecule has 5 heteroatoms. The van der Waals surface area contributed by atoms with Crippen molar-refractivity contribution in [3.8, 4) is 0 Å². The molecule has 112 valence electrons. The lowest BCUT2D eigenvalue weighted by Crippen LogP contribution is -2.07. The van der Waals surface area contributed by atoms with Crippen molar-refractivity contribution in [2.45, 2.75) is 12.8 Å². The minimum atomic E-state index is -0.338. The van der Waals surface area contributed by atoms with Crippen molar-refractivity contribution in [3.05, 3.63) is 65.1 Å². The summed E-state index contributed by atoms with van der Waals surface area (Å²) in [6.07, 6.45) is 6.68. The number of nitrogens with one attached hydrogen (secondary N) is 1. The second kappa shape index (κ2) is 6.62. The molecule has 0 aliphatic rings. The average Bonchev–Trinajstić information content (AvgIpc) is 2.94. The summed E-state index contributed by atoms with van der Waals surface area (Å²) in [5.74, 6) is -0.338. The molecule has 0 saturated heterocycles. The SMILES string of the molecule is O=C(OCCCc1c[nH]c2ccc(Cl)cc12)c1cccnc1. The van der Waals surface area contributed by atoms with E-state index in [1.54, 1.807) is 18.3 Å². The van der Waals surface area contributed by atoms with E-state index in [-0.39, 0.29) is 5.97 Å². The quantitative estimate of drug-likeness (QED) is 0.572. The Labute approximate surface area is 133 Å². The van der Waals surface area contributed by atoms with Crippen molar-refractivity contribution in [3.63, 3.8) is 0 Å². The van der Waals surface area contributed by atoms with Gasteiger partial charge in [0.2, 0.25) is 0 Å². The number of aromatic nitrogens is 2. The molecule has 22 heavy (non-hydrogen) atoms. The molecular weight excluding hydrogens is 300 g/mol. The van der Waals surface area contributed by atoms with Gasteiger partial charge in [0.05, 0.1) is 12.2 Å². The molecule has 0 spiro atoms. The Balaban J connectivity index is 1.54. The molecule has 0 bridgehead atoms. The van der Waals surface area contributed by atoms with Gasteiger partial charge in [0.15, 0.2) is 0 Å². The smallest absolute Gasteiger partial charge is 0.339 e. The number of esters is 1. The van der Waals surface area contributed by atoms with E-state index in [2.05, 4.69) is 9.97 Å². The largest absolute Gasteiger partial charge is 0.462 e. The molecule has 1 aromatic carbocycles. The number of carbonyl (C=O) groups excluding carboxylic acids is 1. The molecule has 2 heterocycles. The van der Waals surface area contributed by atoms with E-state index < -0.39 is 0 Å². The third kappa shape index (κ3) is 3.28. The number of H-pyrrole nitrogens is 1. The summed E-state index contributed by atoms with van der Waals surface area (Å²) < 4.78 is 5.25. The number of fused-ring (bicyclic) bond motifs is 1. The van der Waals surface area contributed by atoms with E-state index in [0.29, 0.717) is 12.2 Å². The maximum Gasteiger partial charge on any atom is 0.339 e. The van der Waals surface area contributed by atoms with Crippen molar-refractivity contribution in [2.75, 3.05) is 6.61 Å². The molecule has 0 aliphatic heterocycles. The van der Waals surface area contributed by atoms with Crippen LogP contribution in [0.4, 0.5) is 0 Å². The van der Waals surface area contributed by atoms with Gasteiger partial charge in [-0.2, -0.15) is 0 Å². The van der Waals surface area contributed by atoms with Gasteiger partial charge >= 0.3 is 5.97 Å². The first-order valence-corrected chi connectivity index (χ1v) is 7.44. The van der Waals surface area contributed by atoms with E-state index in [4.69, 9.17) is 16.3 Å². The molecule has 3 rings (SSSR count). The summed E-state index contributed by atoms with van der Waals surface area (Å²) >= 11 is 6.03. The van der Waals surface area contributed by atoms with E-state index in [1.165, 1.54) is 11.8 Å². The third-order valence-corrected chi connectivity index (χ3v) is 3.69. The van der Waals surface area contributed by atoms with E-state index in [9.17, 15) is 4.79 Å². The fourth-order valence-electron chi connectivity index (χ4n) is 2.35. The number of ether oxygens (including phenoxy) is 1. The first kappa shape index (κ1) is 14.6. The molecule has 2 aromatic heterocycles. The second-order valence-electron chi connectivity index (χ2n) is 4.98. The minimum absolute atomic E-state index is 0.338. The van der Waals surface area contributed by atoms with Gasteiger partial charge < -0.3 is 9.72 Å². The van der Waals surface area contributed by atoms with Crippen LogP contribution in [0, 0.1) is 0 Å². The number of nitrogens with zero attached hydrogens (tertiary/aromatic N) is 1. The Hall–Kier alpha value is -2.33. The Kier molecular flexibility index (Phi) is 4.39. The van der Waals surface area contributed by atoms with Crippen molar-refractivity contribution in [1.82, 2.24) is 9.97 Å². The zero-order valence-corrected chi connectivity index (χ0v) is 12.6. The molecule has 0 atom stereocenters. The highest BCUT2D eigenvalue weighted by Gasteiger charge is 2.07. The van der Waals surface area contributed by atoms with Crippen LogP contribution >= 0.6 is 11.6 Å². The lowest BCUT2D eigenvalue weighted by atomic mass is 10.1. The Morgan fingerprint density at radius 1 is 1.32 bits per heavy atom. The molecule has 1 N–H and O–H groups in total. The first-order valence-electron chi connectivity index (χ1n) is 7.07. The van der Waals surface area contributed by atoms with Gasteiger partial charge in [0, 0.05) is 34.5 Å². The van der Waals surface area contributed by atoms with Crippen LogP contribution in [-0.4, -0.2) is 22.5 Å². The topological polar surface area (TPSA) is 55.0 Å². The predicted octanol–water partition coefficient (Wildman–Crippen LogP) is 4.01. The summed E-state index contributed by atoms with van der Waals surface area (Å²) in [6, 6.07) is 9.18. The number of carbonyl (C=O) groups is 1. The van der Waals surface area contributed by atoms with Crippen LogP contribution in [0.25, 0.3) is 10.9 Å². The molecule has 0 saturated carbocycles. The molecule has 4 nitrogen and oxygen atoms in total. The first-order chi connectivity index (χ1) is 10.7. The lowest BCUT2D eigenvalue weighted by molar-refractivity contribution is 0.0500. The van der Waals surface area contributed by atoms with E-state index in [0.717, 1.165) is 28.8 Å². The molecule has 0 radical (unpaired) electrons. The highest BCUT2D eigenvalue weighted by atomic mass is 35.5. The number of pyridine rings is 1. The van der Waals surface area contributed by atoms with Gasteiger partial charge in [0.1, 0.15) is 0 Å². The monoisotopic (exact) mass is 314 g/mol. The fourth-order valence-corrected chi connectivity index (χ4v) is 2.52. The van der Waals surface area contributed by atoms with Gasteiger partial charge in [-0.25, -0.2) is 4.79 Å². The summed E-state index contributed by atoms with van der Waals surface area (Å²) in [4.78, 5) is 18.9. The van der Waals surface area contributed by atoms with Crippen LogP contribution in [0.1, 0.15) is 22.3 Å². The standard InChI is InChI=1S/C17H15ClN2O2/c18-14-5-6-16-15(9-14)12(11-20-16)4-2-8-22-17(21)13-3-1-7-19-10-13/h1,3,5-7,9-11,20H,2,4,8H2. The van der Waals surface area contributed by atoms with Gasteiger partial charge in [0.25, 0.3) is 0 Å². The summed E-state index contributed by atoms with van der Waals surface area (Å²) in [5.41, 5.74) is 2.71. The minimum Gasteiger partial charge on any atom is -0.462 e. The van der Waals surface area contributed by atoms with Crippen molar-refractivity contribution >= 4 is 28.5 Å². The maximum absolute atomic E-state index is 11.8. The molecule has 0 amide bonds. The number of hydrogen-bond acceptors (Lipinski definition) is 3. The lowest BCUT2D eigenvalue weighted by Gasteiger charge is -2.04. The van der Waals surface area contributed by atoms with E-state index >= 15 is 0 Å². The normalized spacial score (nSPS) is 10.8. The van der Waals surface area contributed by atoms with Crippen LogP contribution in [0.5, 0.6) is 0 Å². The summed E-state index contributed by atoms with van der Waals surface area (Å²) in [7, 11) is 0. The van der Waals surface area contributed by atoms with Crippen molar-refractivity contribution < 1.29 is 9.53 Å². The Morgan fingerprint density at radius 3 is 3.05 bits per heavy atom. The third-order valence-electron chi connectivity index (χ3n) is 3.45. The van der Waals surface area contributed by atoms with Gasteiger partial charge in [-0.05, 0) is 48.7 Å². The fraction of sp³-hybridized carbons (Fsp3) is 0.176. The van der Waals surface area contributed by atoms with Gasteiger partial charge in [-0.1, -0.05) is 11.6 Å². The Morgan fingerprint density at radius 2 is 2.23 bits per heavy atom. The van der Waals surface area contributed by atoms with Crippen molar-refractivity contribution in [2.24, 2.45) is 0 Å². The molecule has 0 fully saturated rings. The maximum atomic E-state index is 11.8. The van der Waals surface area contributed by atoms with Crippen LogP contribution in [0.3, 0.4) is 0 Å². The molecule has 0 aliphatic carbocycles. The zero-order chi connectivity index (χ0) is 15.4. The second-order valence-corrected chi connectivity index (χ2v) is 5.42. The predicted molar refractivity (Wildman–Crippen MR) is 86.1 cm³/mol. The van der Waals surface area contributed by atoms with E-state index in [1.807, 2.05) is 24.4 Å². The molecule has 0 unspecified atom stereocenters. The number of aromatic amines is 1. The highest BCUT2D eigenvalue weighted by Crippen LogP contribution is 2.23. The number of aryl methyl sites for hydroxylation is 1. The van der Waals surface area contributed by atoms with Gasteiger partial charge in [-0.3, -0.25) is 4.98 Å². The zero-order valence-electron chi connectivity index (χ0n) is 11.9. The van der Waals surface area contributed by atoms with Crippen LogP contribution < -0.4 is 0 Å².